The molecule has 3 atom stereocenters. The average molecular weight is 406 g/mol. The highest BCUT2D eigenvalue weighted by Crippen LogP contribution is 2.47. The minimum absolute atomic E-state index is 0.0528. The van der Waals surface area contributed by atoms with Gasteiger partial charge in [0.25, 0.3) is 5.69 Å². The van der Waals surface area contributed by atoms with Crippen LogP contribution in [-0.4, -0.2) is 39.1 Å². The quantitative estimate of drug-likeness (QED) is 0.293. The Morgan fingerprint density at radius 2 is 2.00 bits per heavy atom. The fourth-order valence-corrected chi connectivity index (χ4v) is 4.28. The minimum Gasteiger partial charge on any atom is -0.462 e. The number of thioether (sulfide) groups is 1. The number of hydrogen-bond acceptors (Lipinski definition) is 8. The average Bonchev–Trinajstić information content (AvgIpc) is 3.05. The van der Waals surface area contributed by atoms with Crippen molar-refractivity contribution in [1.29, 1.82) is 0 Å². The molecule has 2 heterocycles. The van der Waals surface area contributed by atoms with Gasteiger partial charge in [-0.05, 0) is 24.6 Å². The van der Waals surface area contributed by atoms with E-state index in [1.807, 2.05) is 0 Å². The van der Waals surface area contributed by atoms with Crippen molar-refractivity contribution in [3.05, 3.63) is 51.0 Å². The van der Waals surface area contributed by atoms with Crippen LogP contribution in [0.5, 0.6) is 0 Å². The van der Waals surface area contributed by atoms with E-state index in [0.29, 0.717) is 5.56 Å². The number of carbonyl (C=O) groups excluding carboxylic acids is 3. The Kier molecular flexibility index (Phi) is 5.68. The molecular formula is C18H18N2O7S. The minimum atomic E-state index is -0.654. The van der Waals surface area contributed by atoms with E-state index in [2.05, 4.69) is 0 Å². The molecule has 0 bridgehead atoms. The van der Waals surface area contributed by atoms with Gasteiger partial charge in [0.05, 0.1) is 4.92 Å². The van der Waals surface area contributed by atoms with E-state index in [1.165, 1.54) is 40.9 Å². The lowest BCUT2D eigenvalue weighted by Crippen LogP contribution is -2.61. The maximum Gasteiger partial charge on any atom is 0.355 e. The molecule has 0 unspecified atom stereocenters. The van der Waals surface area contributed by atoms with Gasteiger partial charge in [-0.25, -0.2) is 4.79 Å². The van der Waals surface area contributed by atoms with Gasteiger partial charge < -0.3 is 9.47 Å². The van der Waals surface area contributed by atoms with E-state index < -0.39 is 22.9 Å². The second kappa shape index (κ2) is 8.01. The first-order valence-corrected chi connectivity index (χ1v) is 9.56. The van der Waals surface area contributed by atoms with Crippen LogP contribution in [0, 0.1) is 16.0 Å². The van der Waals surface area contributed by atoms with Crippen molar-refractivity contribution in [2.75, 3.05) is 0 Å². The third kappa shape index (κ3) is 3.72. The molecule has 2 aliphatic heterocycles. The van der Waals surface area contributed by atoms with Gasteiger partial charge in [-0.1, -0.05) is 6.92 Å². The van der Waals surface area contributed by atoms with Crippen molar-refractivity contribution in [1.82, 2.24) is 4.90 Å². The molecule has 1 aromatic carbocycles. The van der Waals surface area contributed by atoms with Crippen molar-refractivity contribution in [3.8, 4) is 0 Å². The molecule has 0 aromatic heterocycles. The summed E-state index contributed by atoms with van der Waals surface area (Å²) in [4.78, 5) is 47.7. The first-order valence-electron chi connectivity index (χ1n) is 8.62. The second-order valence-corrected chi connectivity index (χ2v) is 7.30. The van der Waals surface area contributed by atoms with E-state index in [1.54, 1.807) is 19.3 Å². The number of β-lactam (4-membered cyclic amide) rings is 1. The van der Waals surface area contributed by atoms with Gasteiger partial charge >= 0.3 is 11.9 Å². The SMILES string of the molecule is CCC(=O)O[C@H](C)[C@H]1C(=O)N2C(C(=O)OCc3ccc([N+](=O)[O-])cc3)=CS[C@@H]12. The first-order chi connectivity index (χ1) is 13.3. The summed E-state index contributed by atoms with van der Waals surface area (Å²) in [5, 5.41) is 11.9. The lowest BCUT2D eigenvalue weighted by atomic mass is 9.92. The van der Waals surface area contributed by atoms with Gasteiger partial charge in [0.2, 0.25) is 5.91 Å². The molecule has 3 rings (SSSR count). The first kappa shape index (κ1) is 19.9. The number of amides is 1. The Morgan fingerprint density at radius 1 is 1.32 bits per heavy atom. The fraction of sp³-hybridized carbons (Fsp3) is 0.389. The molecule has 2 aliphatic rings. The van der Waals surface area contributed by atoms with Crippen LogP contribution in [0.3, 0.4) is 0 Å². The van der Waals surface area contributed by atoms with Gasteiger partial charge in [0.15, 0.2) is 0 Å². The molecule has 1 aromatic rings. The van der Waals surface area contributed by atoms with E-state index in [-0.39, 0.29) is 41.7 Å². The Balaban J connectivity index is 1.56. The molecular weight excluding hydrogens is 388 g/mol. The van der Waals surface area contributed by atoms with Gasteiger partial charge in [-0.2, -0.15) is 0 Å². The van der Waals surface area contributed by atoms with Crippen LogP contribution in [0.2, 0.25) is 0 Å². The highest BCUT2D eigenvalue weighted by molar-refractivity contribution is 8.03. The summed E-state index contributed by atoms with van der Waals surface area (Å²) >= 11 is 1.31. The predicted octanol–water partition coefficient (Wildman–Crippen LogP) is 2.35. The molecule has 0 N–H and O–H groups in total. The van der Waals surface area contributed by atoms with Crippen molar-refractivity contribution >= 4 is 35.3 Å². The number of rotatable bonds is 7. The van der Waals surface area contributed by atoms with E-state index in [9.17, 15) is 24.5 Å². The maximum absolute atomic E-state index is 12.5. The van der Waals surface area contributed by atoms with E-state index >= 15 is 0 Å². The normalized spacial score (nSPS) is 21.3. The number of nitrogens with zero attached hydrogens (tertiary/aromatic N) is 2. The Labute approximate surface area is 164 Å². The number of carbonyl (C=O) groups is 3. The van der Waals surface area contributed by atoms with Gasteiger partial charge in [0.1, 0.15) is 29.7 Å². The molecule has 9 nitrogen and oxygen atoms in total. The molecule has 0 saturated carbocycles. The van der Waals surface area contributed by atoms with Crippen LogP contribution in [0.15, 0.2) is 35.4 Å². The molecule has 148 valence electrons. The summed E-state index contributed by atoms with van der Waals surface area (Å²) in [5.74, 6) is -1.82. The Bertz CT molecular complexity index is 852. The van der Waals surface area contributed by atoms with Crippen molar-refractivity contribution < 1.29 is 28.8 Å². The zero-order valence-corrected chi connectivity index (χ0v) is 16.0. The summed E-state index contributed by atoms with van der Waals surface area (Å²) in [7, 11) is 0. The van der Waals surface area contributed by atoms with Crippen molar-refractivity contribution in [2.45, 2.75) is 38.4 Å². The number of nitro groups is 1. The lowest BCUT2D eigenvalue weighted by molar-refractivity contribution is -0.384. The number of benzene rings is 1. The number of esters is 2. The summed E-state index contributed by atoms with van der Waals surface area (Å²) in [6, 6.07) is 5.65. The predicted molar refractivity (Wildman–Crippen MR) is 98.5 cm³/mol. The molecule has 0 aliphatic carbocycles. The summed E-state index contributed by atoms with van der Waals surface area (Å²) in [6.45, 7) is 3.27. The number of fused-ring (bicyclic) bond motifs is 1. The molecule has 0 radical (unpaired) electrons. The molecule has 0 spiro atoms. The summed E-state index contributed by atoms with van der Waals surface area (Å²) in [5.41, 5.74) is 0.685. The van der Waals surface area contributed by atoms with Crippen LogP contribution in [0.1, 0.15) is 25.8 Å². The number of hydrogen-bond donors (Lipinski definition) is 0. The Morgan fingerprint density at radius 3 is 2.61 bits per heavy atom. The van der Waals surface area contributed by atoms with E-state index in [0.717, 1.165) is 0 Å². The van der Waals surface area contributed by atoms with Crippen LogP contribution < -0.4 is 0 Å². The van der Waals surface area contributed by atoms with E-state index in [4.69, 9.17) is 9.47 Å². The molecule has 1 fully saturated rings. The molecule has 1 saturated heterocycles. The summed E-state index contributed by atoms with van der Waals surface area (Å²) in [6.07, 6.45) is -0.344. The maximum atomic E-state index is 12.5. The van der Waals surface area contributed by atoms with Crippen LogP contribution in [0.25, 0.3) is 0 Å². The van der Waals surface area contributed by atoms with Gasteiger partial charge in [-0.3, -0.25) is 24.6 Å². The van der Waals surface area contributed by atoms with Crippen molar-refractivity contribution in [3.63, 3.8) is 0 Å². The second-order valence-electron chi connectivity index (χ2n) is 6.31. The highest BCUT2D eigenvalue weighted by Gasteiger charge is 2.56. The highest BCUT2D eigenvalue weighted by atomic mass is 32.2. The van der Waals surface area contributed by atoms with Gasteiger partial charge in [0, 0.05) is 24.0 Å². The Hall–Kier alpha value is -2.88. The zero-order valence-electron chi connectivity index (χ0n) is 15.2. The fourth-order valence-electron chi connectivity index (χ4n) is 2.96. The zero-order chi connectivity index (χ0) is 20.4. The van der Waals surface area contributed by atoms with Crippen LogP contribution in [-0.2, 0) is 30.5 Å². The lowest BCUT2D eigenvalue weighted by Gasteiger charge is -2.44. The van der Waals surface area contributed by atoms with Crippen molar-refractivity contribution in [2.24, 2.45) is 5.92 Å². The standard InChI is InChI=1S/C18H18N2O7S/c1-3-14(21)27-10(2)15-16(22)19-13(9-28-17(15)19)18(23)26-8-11-4-6-12(7-5-11)20(24)25/h4-7,9-10,15,17H,3,8H2,1-2H3/t10-,15+,17+/m1/s1. The molecule has 1 amide bonds. The third-order valence-corrected chi connectivity index (χ3v) is 5.64. The third-order valence-electron chi connectivity index (χ3n) is 4.50. The smallest absolute Gasteiger partial charge is 0.355 e. The molecule has 10 heteroatoms. The number of nitro benzene ring substituents is 1. The number of ether oxygens (including phenoxy) is 2. The van der Waals surface area contributed by atoms with Gasteiger partial charge in [-0.15, -0.1) is 11.8 Å². The topological polar surface area (TPSA) is 116 Å². The largest absolute Gasteiger partial charge is 0.462 e. The van der Waals surface area contributed by atoms with Crippen LogP contribution in [0.4, 0.5) is 5.69 Å². The van der Waals surface area contributed by atoms with Crippen LogP contribution >= 0.6 is 11.8 Å². The summed E-state index contributed by atoms with van der Waals surface area (Å²) < 4.78 is 10.4. The molecule has 28 heavy (non-hydrogen) atoms. The monoisotopic (exact) mass is 406 g/mol. The number of non-ortho nitro benzene ring substituents is 1.